The summed E-state index contributed by atoms with van der Waals surface area (Å²) in [6, 6.07) is 4.50. The first-order chi connectivity index (χ1) is 22.2. The molecule has 3 heterocycles. The number of nitrogens with one attached hydrogen (secondary N) is 2. The number of alkyl carbamates (subject to hydrolysis) is 1. The summed E-state index contributed by atoms with van der Waals surface area (Å²) in [6.07, 6.45) is 14.6. The van der Waals surface area contributed by atoms with Gasteiger partial charge in [0.1, 0.15) is 12.9 Å². The topological polar surface area (TPSA) is 164 Å². The van der Waals surface area contributed by atoms with Crippen molar-refractivity contribution in [2.75, 3.05) is 6.61 Å². The van der Waals surface area contributed by atoms with Gasteiger partial charge in [0.25, 0.3) is 5.91 Å². The van der Waals surface area contributed by atoms with Gasteiger partial charge >= 0.3 is 6.09 Å². The minimum Gasteiger partial charge on any atom is -0.447 e. The van der Waals surface area contributed by atoms with E-state index in [9.17, 15) is 4.79 Å². The molecular weight excluding hydrogens is 618 g/mol. The van der Waals surface area contributed by atoms with Crippen LogP contribution in [0.4, 0.5) is 4.79 Å². The van der Waals surface area contributed by atoms with E-state index in [4.69, 9.17) is 27.1 Å². The molecule has 0 saturated heterocycles. The summed E-state index contributed by atoms with van der Waals surface area (Å²) in [4.78, 5) is 47.4. The molecule has 1 unspecified atom stereocenters. The molecule has 6 rings (SSSR count). The normalized spacial score (nSPS) is 24.0. The van der Waals surface area contributed by atoms with Gasteiger partial charge < -0.3 is 15.8 Å². The lowest BCUT2D eigenvalue weighted by Crippen LogP contribution is -2.55. The van der Waals surface area contributed by atoms with Crippen molar-refractivity contribution in [1.82, 2.24) is 35.4 Å². The monoisotopic (exact) mass is 657 g/mol. The highest BCUT2D eigenvalue weighted by Crippen LogP contribution is 2.52. The number of aromatic nitrogens is 5. The number of nitrogens with two attached hydrogens (primary N) is 1. The summed E-state index contributed by atoms with van der Waals surface area (Å²) in [6.45, 7) is 10.1. The Kier molecular flexibility index (Phi) is 8.19. The summed E-state index contributed by atoms with van der Waals surface area (Å²) in [5.41, 5.74) is 7.07. The van der Waals surface area contributed by atoms with E-state index in [1.165, 1.54) is 11.2 Å². The van der Waals surface area contributed by atoms with Crippen molar-refractivity contribution < 1.29 is 14.3 Å². The number of amides is 2. The molecule has 12 nitrogen and oxygen atoms in total. The summed E-state index contributed by atoms with van der Waals surface area (Å²) >= 11 is 6.58. The molecule has 0 radical (unpaired) electrons. The molecule has 1 aliphatic heterocycles. The van der Waals surface area contributed by atoms with E-state index in [2.05, 4.69) is 57.3 Å². The zero-order valence-electron chi connectivity index (χ0n) is 27.2. The van der Waals surface area contributed by atoms with Crippen LogP contribution in [-0.2, 0) is 9.53 Å². The van der Waals surface area contributed by atoms with Crippen LogP contribution in [0.15, 0.2) is 66.3 Å². The van der Waals surface area contributed by atoms with Gasteiger partial charge in [-0.2, -0.15) is 5.10 Å². The number of aromatic amines is 1. The van der Waals surface area contributed by atoms with E-state index in [0.29, 0.717) is 34.8 Å². The number of halogens is 1. The maximum absolute atomic E-state index is 15.1. The molecule has 1 saturated carbocycles. The molecule has 246 valence electrons. The molecule has 1 aromatic carbocycles. The second-order valence-corrected chi connectivity index (χ2v) is 14.7. The maximum Gasteiger partial charge on any atom is 0.407 e. The molecule has 3 aliphatic rings. The molecule has 4 N–H and O–H groups in total. The van der Waals surface area contributed by atoms with Crippen molar-refractivity contribution >= 4 is 35.1 Å². The molecule has 0 bridgehead atoms. The van der Waals surface area contributed by atoms with Crippen molar-refractivity contribution in [1.29, 1.82) is 0 Å². The lowest BCUT2D eigenvalue weighted by molar-refractivity contribution is -0.138. The summed E-state index contributed by atoms with van der Waals surface area (Å²) in [5.74, 6) is 0.239. The fourth-order valence-corrected chi connectivity index (χ4v) is 6.58. The highest BCUT2D eigenvalue weighted by molar-refractivity contribution is 6.33. The molecule has 3 atom stereocenters. The Balaban J connectivity index is 1.39. The third-order valence-electron chi connectivity index (χ3n) is 9.22. The van der Waals surface area contributed by atoms with Crippen LogP contribution in [0.25, 0.3) is 17.0 Å². The quantitative estimate of drug-likeness (QED) is 0.267. The summed E-state index contributed by atoms with van der Waals surface area (Å²) in [5, 5.41) is 10.2. The van der Waals surface area contributed by atoms with Gasteiger partial charge in [-0.1, -0.05) is 63.6 Å². The van der Waals surface area contributed by atoms with Crippen LogP contribution >= 0.6 is 11.6 Å². The second-order valence-electron chi connectivity index (χ2n) is 14.3. The third-order valence-corrected chi connectivity index (χ3v) is 9.55. The second kappa shape index (κ2) is 11.9. The fraction of sp³-hybridized carbons (Fsp3) is 0.441. The maximum atomic E-state index is 15.1. The van der Waals surface area contributed by atoms with Gasteiger partial charge in [0, 0.05) is 28.9 Å². The van der Waals surface area contributed by atoms with Gasteiger partial charge in [0.05, 0.1) is 23.0 Å². The Hall–Kier alpha value is -4.58. The number of carbonyl (C=O) groups excluding carboxylic acids is 2. The Morgan fingerprint density at radius 2 is 2.00 bits per heavy atom. The molecule has 13 heteroatoms. The molecule has 2 aliphatic carbocycles. The average molecular weight is 658 g/mol. The van der Waals surface area contributed by atoms with Crippen molar-refractivity contribution in [3.8, 4) is 11.4 Å². The first-order valence-corrected chi connectivity index (χ1v) is 16.1. The van der Waals surface area contributed by atoms with Crippen LogP contribution in [0.3, 0.4) is 0 Å². The van der Waals surface area contributed by atoms with Crippen molar-refractivity contribution in [2.24, 2.45) is 21.6 Å². The molecule has 2 amide bonds. The number of carbonyl (C=O) groups is 2. The van der Waals surface area contributed by atoms with E-state index in [1.54, 1.807) is 36.8 Å². The van der Waals surface area contributed by atoms with Gasteiger partial charge in [-0.25, -0.2) is 14.8 Å². The number of rotatable bonds is 9. The van der Waals surface area contributed by atoms with Crippen LogP contribution in [0.1, 0.15) is 77.6 Å². The third kappa shape index (κ3) is 6.38. The number of nitrogens with zero attached hydrogens (tertiary/aromatic N) is 6. The minimum absolute atomic E-state index is 0.0527. The molecule has 0 spiro atoms. The molecular formula is C34H40ClN9O3. The number of allylic oxidation sites excluding steroid dienone is 3. The van der Waals surface area contributed by atoms with E-state index < -0.39 is 23.1 Å². The zero-order valence-corrected chi connectivity index (χ0v) is 28.0. The average Bonchev–Trinajstić information content (AvgIpc) is 3.39. The Bertz CT molecular complexity index is 1760. The number of ether oxygens (including phenoxy) is 1. The smallest absolute Gasteiger partial charge is 0.407 e. The summed E-state index contributed by atoms with van der Waals surface area (Å²) in [7, 11) is 0. The SMILES string of the molecule is CC(C)(C)C[C@]1(C2(C)C=CC(c3cnccn3)=CC2)N=C(N)N([C@H](COC(=O)NC2(C)CC2)c2ccc(Cl)c(-c3ncn[nH]3)c2)C1=O. The molecule has 3 aromatic rings. The number of benzene rings is 1. The highest BCUT2D eigenvalue weighted by atomic mass is 35.5. The van der Waals surface area contributed by atoms with Crippen LogP contribution in [-0.4, -0.2) is 65.7 Å². The number of H-pyrrole nitrogens is 1. The lowest BCUT2D eigenvalue weighted by atomic mass is 9.61. The van der Waals surface area contributed by atoms with Crippen molar-refractivity contribution in [3.05, 3.63) is 77.6 Å². The van der Waals surface area contributed by atoms with E-state index >= 15 is 4.79 Å². The minimum atomic E-state index is -1.25. The van der Waals surface area contributed by atoms with Crippen molar-refractivity contribution in [3.63, 3.8) is 0 Å². The number of aliphatic imine (C=N–C) groups is 1. The predicted octanol–water partition coefficient (Wildman–Crippen LogP) is 5.62. The van der Waals surface area contributed by atoms with Crippen LogP contribution in [0.5, 0.6) is 0 Å². The van der Waals surface area contributed by atoms with E-state index in [1.807, 2.05) is 26.0 Å². The first kappa shape index (κ1) is 32.4. The van der Waals surface area contributed by atoms with Crippen LogP contribution < -0.4 is 11.1 Å². The van der Waals surface area contributed by atoms with Gasteiger partial charge in [0.2, 0.25) is 0 Å². The Morgan fingerprint density at radius 1 is 1.21 bits per heavy atom. The molecule has 47 heavy (non-hydrogen) atoms. The Morgan fingerprint density at radius 3 is 2.62 bits per heavy atom. The van der Waals surface area contributed by atoms with Gasteiger partial charge in [-0.3, -0.25) is 24.8 Å². The van der Waals surface area contributed by atoms with E-state index in [-0.39, 0.29) is 29.4 Å². The van der Waals surface area contributed by atoms with Crippen LogP contribution in [0, 0.1) is 10.8 Å². The zero-order chi connectivity index (χ0) is 33.6. The Labute approximate surface area is 279 Å². The number of hydrogen-bond donors (Lipinski definition) is 3. The molecule has 1 fully saturated rings. The predicted molar refractivity (Wildman–Crippen MR) is 179 cm³/mol. The fourth-order valence-electron chi connectivity index (χ4n) is 6.37. The molecule has 2 aromatic heterocycles. The van der Waals surface area contributed by atoms with Gasteiger partial charge in [-0.15, -0.1) is 0 Å². The standard InChI is InChI=1S/C34H40ClN9O3/c1-31(2,3)19-34(32(4)10-8-21(9-11-32)25-17-37-14-15-38-25)28(45)44(29(36)41-34)26(18-47-30(46)42-33(5)12-13-33)22-6-7-24(35)23(16-22)27-39-20-40-43-27/h6-10,14-17,20,26H,11-13,18-19H2,1-5H3,(H2,36,41)(H,42,46)(H,39,40,43)/t26-,32?,34+/m1/s1. The lowest BCUT2D eigenvalue weighted by Gasteiger charge is -2.45. The largest absolute Gasteiger partial charge is 0.447 e. The highest BCUT2D eigenvalue weighted by Gasteiger charge is 2.60. The van der Waals surface area contributed by atoms with Gasteiger partial charge in [-0.05, 0) is 61.3 Å². The number of hydrogen-bond acceptors (Lipinski definition) is 9. The first-order valence-electron chi connectivity index (χ1n) is 15.7. The van der Waals surface area contributed by atoms with Crippen molar-refractivity contribution in [2.45, 2.75) is 77.4 Å². The number of guanidine groups is 1. The van der Waals surface area contributed by atoms with E-state index in [0.717, 1.165) is 24.1 Å². The van der Waals surface area contributed by atoms with Crippen LogP contribution in [0.2, 0.25) is 5.02 Å². The summed E-state index contributed by atoms with van der Waals surface area (Å²) < 4.78 is 5.79. The van der Waals surface area contributed by atoms with Gasteiger partial charge in [0.15, 0.2) is 17.3 Å².